The molecule has 0 aromatic heterocycles. The third-order valence-electron chi connectivity index (χ3n) is 4.40. The maximum Gasteiger partial charge on any atom is 0.417 e. The van der Waals surface area contributed by atoms with Crippen LogP contribution in [0, 0.1) is 0 Å². The molecule has 23 heavy (non-hydrogen) atoms. The van der Waals surface area contributed by atoms with E-state index in [1.165, 1.54) is 25.0 Å². The van der Waals surface area contributed by atoms with Gasteiger partial charge in [0.25, 0.3) is 0 Å². The summed E-state index contributed by atoms with van der Waals surface area (Å²) in [7, 11) is -4.18. The minimum Gasteiger partial charge on any atom is -0.300 e. The Hall–Kier alpha value is -1.12. The van der Waals surface area contributed by atoms with Gasteiger partial charge in [0, 0.05) is 12.1 Å². The average molecular weight is 348 g/mol. The fraction of sp³-hybridized carbons (Fsp3) is 0.600. The van der Waals surface area contributed by atoms with Crippen molar-refractivity contribution < 1.29 is 21.6 Å². The Kier molecular flexibility index (Phi) is 4.41. The molecular weight excluding hydrogens is 329 g/mol. The van der Waals surface area contributed by atoms with Crippen LogP contribution in [0.25, 0.3) is 0 Å². The lowest BCUT2D eigenvalue weighted by molar-refractivity contribution is -0.139. The SMILES string of the molecule is O=S(=O)(NC1CCN(C2CC2)CC1)c1ccccc1C(F)(F)F. The van der Waals surface area contributed by atoms with Crippen molar-refractivity contribution in [1.29, 1.82) is 0 Å². The summed E-state index contributed by atoms with van der Waals surface area (Å²) in [6.45, 7) is 1.58. The fourth-order valence-electron chi connectivity index (χ4n) is 3.04. The molecule has 0 bridgehead atoms. The van der Waals surface area contributed by atoms with E-state index < -0.39 is 26.7 Å². The molecule has 1 N–H and O–H groups in total. The second kappa shape index (κ2) is 6.07. The molecule has 0 amide bonds. The quantitative estimate of drug-likeness (QED) is 0.910. The molecule has 1 heterocycles. The van der Waals surface area contributed by atoms with Crippen LogP contribution in [0.1, 0.15) is 31.2 Å². The number of halogens is 3. The van der Waals surface area contributed by atoms with E-state index in [1.54, 1.807) is 0 Å². The summed E-state index contributed by atoms with van der Waals surface area (Å²) in [5, 5.41) is 0. The number of likely N-dealkylation sites (tertiary alicyclic amines) is 1. The average Bonchev–Trinajstić information content (AvgIpc) is 3.31. The molecule has 128 valence electrons. The number of hydrogen-bond acceptors (Lipinski definition) is 3. The monoisotopic (exact) mass is 348 g/mol. The largest absolute Gasteiger partial charge is 0.417 e. The minimum atomic E-state index is -4.69. The standard InChI is InChI=1S/C15H19F3N2O2S/c16-15(17,18)13-3-1-2-4-14(13)23(21,22)19-11-7-9-20(10-8-11)12-5-6-12/h1-4,11-12,19H,5-10H2. The molecule has 4 nitrogen and oxygen atoms in total. The van der Waals surface area contributed by atoms with E-state index in [4.69, 9.17) is 0 Å². The Balaban J connectivity index is 1.72. The van der Waals surface area contributed by atoms with E-state index in [0.717, 1.165) is 25.2 Å². The number of alkyl halides is 3. The van der Waals surface area contributed by atoms with E-state index in [2.05, 4.69) is 9.62 Å². The van der Waals surface area contributed by atoms with E-state index >= 15 is 0 Å². The summed E-state index contributed by atoms with van der Waals surface area (Å²) in [4.78, 5) is 1.63. The van der Waals surface area contributed by atoms with Crippen molar-refractivity contribution in [2.24, 2.45) is 0 Å². The van der Waals surface area contributed by atoms with Gasteiger partial charge in [0.05, 0.1) is 10.5 Å². The zero-order valence-corrected chi connectivity index (χ0v) is 13.3. The van der Waals surface area contributed by atoms with Gasteiger partial charge in [-0.3, -0.25) is 0 Å². The smallest absolute Gasteiger partial charge is 0.300 e. The highest BCUT2D eigenvalue weighted by Gasteiger charge is 2.38. The van der Waals surface area contributed by atoms with Crippen molar-refractivity contribution in [3.05, 3.63) is 29.8 Å². The fourth-order valence-corrected chi connectivity index (χ4v) is 4.57. The first-order valence-electron chi connectivity index (χ1n) is 7.70. The summed E-state index contributed by atoms with van der Waals surface area (Å²) >= 11 is 0. The highest BCUT2D eigenvalue weighted by Crippen LogP contribution is 2.34. The number of piperidine rings is 1. The Bertz CT molecular complexity index is 664. The molecule has 1 aromatic carbocycles. The predicted molar refractivity (Wildman–Crippen MR) is 79.4 cm³/mol. The molecule has 1 saturated carbocycles. The Morgan fingerprint density at radius 1 is 1.04 bits per heavy atom. The Morgan fingerprint density at radius 2 is 1.65 bits per heavy atom. The summed E-state index contributed by atoms with van der Waals surface area (Å²) in [5.74, 6) is 0. The summed E-state index contributed by atoms with van der Waals surface area (Å²) in [6, 6.07) is 4.61. The summed E-state index contributed by atoms with van der Waals surface area (Å²) in [5.41, 5.74) is -1.12. The lowest BCUT2D eigenvalue weighted by Crippen LogP contribution is -2.45. The van der Waals surface area contributed by atoms with Crippen LogP contribution in [0.2, 0.25) is 0 Å². The van der Waals surface area contributed by atoms with Crippen LogP contribution in [0.15, 0.2) is 29.2 Å². The Morgan fingerprint density at radius 3 is 2.22 bits per heavy atom. The van der Waals surface area contributed by atoms with Gasteiger partial charge in [-0.2, -0.15) is 13.2 Å². The van der Waals surface area contributed by atoms with Crippen molar-refractivity contribution in [3.63, 3.8) is 0 Å². The van der Waals surface area contributed by atoms with Gasteiger partial charge in [-0.1, -0.05) is 12.1 Å². The second-order valence-corrected chi connectivity index (χ2v) is 7.84. The first-order valence-corrected chi connectivity index (χ1v) is 9.18. The molecular formula is C15H19F3N2O2S. The van der Waals surface area contributed by atoms with Crippen molar-refractivity contribution in [3.8, 4) is 0 Å². The third kappa shape index (κ3) is 3.87. The van der Waals surface area contributed by atoms with Crippen LogP contribution in [0.3, 0.4) is 0 Å². The van der Waals surface area contributed by atoms with Crippen LogP contribution in [-0.4, -0.2) is 38.5 Å². The van der Waals surface area contributed by atoms with Crippen molar-refractivity contribution >= 4 is 10.0 Å². The minimum absolute atomic E-state index is 0.309. The van der Waals surface area contributed by atoms with Gasteiger partial charge in [0.1, 0.15) is 0 Å². The highest BCUT2D eigenvalue weighted by molar-refractivity contribution is 7.89. The van der Waals surface area contributed by atoms with E-state index in [0.29, 0.717) is 18.9 Å². The maximum absolute atomic E-state index is 13.0. The molecule has 0 atom stereocenters. The van der Waals surface area contributed by atoms with Gasteiger partial charge in [-0.15, -0.1) is 0 Å². The van der Waals surface area contributed by atoms with E-state index in [-0.39, 0.29) is 6.04 Å². The number of sulfonamides is 1. The maximum atomic E-state index is 13.0. The molecule has 0 radical (unpaired) electrons. The first-order chi connectivity index (χ1) is 10.8. The van der Waals surface area contributed by atoms with Crippen molar-refractivity contribution in [2.45, 2.75) is 48.8 Å². The van der Waals surface area contributed by atoms with Crippen molar-refractivity contribution in [2.75, 3.05) is 13.1 Å². The topological polar surface area (TPSA) is 49.4 Å². The zero-order valence-electron chi connectivity index (χ0n) is 12.5. The summed E-state index contributed by atoms with van der Waals surface area (Å²) < 4.78 is 66.2. The van der Waals surface area contributed by atoms with Gasteiger partial charge in [-0.05, 0) is 50.9 Å². The Labute approximate surface area is 133 Å². The molecule has 8 heteroatoms. The van der Waals surface area contributed by atoms with Crippen LogP contribution in [-0.2, 0) is 16.2 Å². The third-order valence-corrected chi connectivity index (χ3v) is 5.98. The van der Waals surface area contributed by atoms with Gasteiger partial charge >= 0.3 is 6.18 Å². The van der Waals surface area contributed by atoms with Gasteiger partial charge in [0.15, 0.2) is 0 Å². The second-order valence-electron chi connectivity index (χ2n) is 6.16. The highest BCUT2D eigenvalue weighted by atomic mass is 32.2. The normalized spacial score (nSPS) is 21.5. The molecule has 0 spiro atoms. The predicted octanol–water partition coefficient (Wildman–Crippen LogP) is 2.61. The van der Waals surface area contributed by atoms with Gasteiger partial charge in [-0.25, -0.2) is 13.1 Å². The van der Waals surface area contributed by atoms with E-state index in [9.17, 15) is 21.6 Å². The molecule has 2 fully saturated rings. The number of nitrogens with zero attached hydrogens (tertiary/aromatic N) is 1. The zero-order chi connectivity index (χ0) is 16.7. The lowest BCUT2D eigenvalue weighted by atomic mass is 10.1. The van der Waals surface area contributed by atoms with Gasteiger partial charge in [0.2, 0.25) is 10.0 Å². The molecule has 1 aliphatic heterocycles. The van der Waals surface area contributed by atoms with Crippen LogP contribution in [0.4, 0.5) is 13.2 Å². The van der Waals surface area contributed by atoms with Crippen LogP contribution in [0.5, 0.6) is 0 Å². The van der Waals surface area contributed by atoms with Crippen molar-refractivity contribution in [1.82, 2.24) is 9.62 Å². The van der Waals surface area contributed by atoms with Gasteiger partial charge < -0.3 is 4.90 Å². The van der Waals surface area contributed by atoms with Crippen LogP contribution >= 0.6 is 0 Å². The van der Waals surface area contributed by atoms with Crippen LogP contribution < -0.4 is 4.72 Å². The number of hydrogen-bond donors (Lipinski definition) is 1. The molecule has 3 rings (SSSR count). The number of benzene rings is 1. The van der Waals surface area contributed by atoms with E-state index in [1.807, 2.05) is 0 Å². The molecule has 1 aliphatic carbocycles. The molecule has 0 unspecified atom stereocenters. The number of nitrogens with one attached hydrogen (secondary N) is 1. The molecule has 1 saturated heterocycles. The first kappa shape index (κ1) is 16.7. The molecule has 1 aromatic rings. The summed E-state index contributed by atoms with van der Waals surface area (Å²) in [6.07, 6.45) is -1.06. The number of rotatable bonds is 4. The lowest BCUT2D eigenvalue weighted by Gasteiger charge is -2.32. The molecule has 2 aliphatic rings.